The second-order valence-corrected chi connectivity index (χ2v) is 8.79. The van der Waals surface area contributed by atoms with E-state index < -0.39 is 11.8 Å². The van der Waals surface area contributed by atoms with Gasteiger partial charge in [0.2, 0.25) is 5.91 Å². The van der Waals surface area contributed by atoms with Gasteiger partial charge in [-0.3, -0.25) is 14.4 Å². The van der Waals surface area contributed by atoms with Crippen molar-refractivity contribution in [2.45, 2.75) is 32.3 Å². The van der Waals surface area contributed by atoms with Gasteiger partial charge in [0.05, 0.1) is 18.2 Å². The SMILES string of the molecule is Cc1ccc(N2C(=O)C(Cl)=C(Nc3ccc(CC(=O)NCC4CCCO4)cc3)C2=O)cc1Cl. The first-order valence-electron chi connectivity index (χ1n) is 10.6. The number of imide groups is 1. The van der Waals surface area contributed by atoms with Crippen LogP contribution in [0.3, 0.4) is 0 Å². The third-order valence-electron chi connectivity index (χ3n) is 5.58. The summed E-state index contributed by atoms with van der Waals surface area (Å²) in [7, 11) is 0. The van der Waals surface area contributed by atoms with Gasteiger partial charge in [0.1, 0.15) is 10.7 Å². The zero-order valence-electron chi connectivity index (χ0n) is 18.0. The molecule has 1 fully saturated rings. The average molecular weight is 488 g/mol. The first kappa shape index (κ1) is 23.3. The molecule has 172 valence electrons. The van der Waals surface area contributed by atoms with Crippen LogP contribution < -0.4 is 15.5 Å². The van der Waals surface area contributed by atoms with Gasteiger partial charge in [-0.05, 0) is 55.2 Å². The quantitative estimate of drug-likeness (QED) is 0.577. The van der Waals surface area contributed by atoms with Gasteiger partial charge < -0.3 is 15.4 Å². The minimum atomic E-state index is -0.622. The van der Waals surface area contributed by atoms with E-state index in [-0.39, 0.29) is 29.2 Å². The van der Waals surface area contributed by atoms with Crippen LogP contribution in [0.4, 0.5) is 11.4 Å². The highest BCUT2D eigenvalue weighted by Crippen LogP contribution is 2.32. The molecule has 1 saturated heterocycles. The number of ether oxygens (including phenoxy) is 1. The van der Waals surface area contributed by atoms with Crippen molar-refractivity contribution in [3.05, 3.63) is 69.3 Å². The second-order valence-electron chi connectivity index (χ2n) is 8.01. The van der Waals surface area contributed by atoms with Crippen LogP contribution in [0.1, 0.15) is 24.0 Å². The Morgan fingerprint density at radius 1 is 1.12 bits per heavy atom. The lowest BCUT2D eigenvalue weighted by molar-refractivity contribution is -0.121. The summed E-state index contributed by atoms with van der Waals surface area (Å²) in [6.45, 7) is 3.10. The van der Waals surface area contributed by atoms with E-state index in [9.17, 15) is 14.4 Å². The molecule has 0 bridgehead atoms. The van der Waals surface area contributed by atoms with Gasteiger partial charge in [0, 0.05) is 23.9 Å². The Balaban J connectivity index is 1.38. The normalized spacial score (nSPS) is 18.3. The van der Waals surface area contributed by atoms with Crippen LogP contribution in [0.15, 0.2) is 53.2 Å². The number of carbonyl (C=O) groups is 3. The van der Waals surface area contributed by atoms with Crippen LogP contribution in [0.2, 0.25) is 5.02 Å². The van der Waals surface area contributed by atoms with Crippen molar-refractivity contribution < 1.29 is 19.1 Å². The average Bonchev–Trinajstić information content (AvgIpc) is 3.39. The molecule has 2 aromatic carbocycles. The molecule has 0 aliphatic carbocycles. The summed E-state index contributed by atoms with van der Waals surface area (Å²) in [5.41, 5.74) is 2.55. The molecule has 0 radical (unpaired) electrons. The van der Waals surface area contributed by atoms with Gasteiger partial charge in [-0.1, -0.05) is 41.4 Å². The van der Waals surface area contributed by atoms with Gasteiger partial charge >= 0.3 is 0 Å². The molecule has 7 nitrogen and oxygen atoms in total. The van der Waals surface area contributed by atoms with Crippen molar-refractivity contribution in [1.29, 1.82) is 0 Å². The third-order valence-corrected chi connectivity index (χ3v) is 6.34. The van der Waals surface area contributed by atoms with E-state index >= 15 is 0 Å². The standard InChI is InChI=1S/C24H23Cl2N3O4/c1-14-4-9-17(12-19(14)25)29-23(31)21(26)22(24(29)32)28-16-7-5-15(6-8-16)11-20(30)27-13-18-3-2-10-33-18/h4-9,12,18,28H,2-3,10-11,13H2,1H3,(H,27,30). The number of aryl methyl sites for hydroxylation is 1. The highest BCUT2D eigenvalue weighted by atomic mass is 35.5. The minimum absolute atomic E-state index is 0.0135. The summed E-state index contributed by atoms with van der Waals surface area (Å²) in [6.07, 6.45) is 2.32. The van der Waals surface area contributed by atoms with Crippen molar-refractivity contribution in [3.63, 3.8) is 0 Å². The molecule has 2 aromatic rings. The number of rotatable bonds is 7. The van der Waals surface area contributed by atoms with Crippen molar-refractivity contribution in [3.8, 4) is 0 Å². The summed E-state index contributed by atoms with van der Waals surface area (Å²) in [6, 6.07) is 11.9. The fourth-order valence-electron chi connectivity index (χ4n) is 3.70. The highest BCUT2D eigenvalue weighted by Gasteiger charge is 2.39. The number of benzene rings is 2. The van der Waals surface area contributed by atoms with E-state index in [0.29, 0.717) is 22.9 Å². The second kappa shape index (κ2) is 9.95. The fraction of sp³-hybridized carbons (Fsp3) is 0.292. The van der Waals surface area contributed by atoms with Crippen molar-refractivity contribution in [2.24, 2.45) is 0 Å². The lowest BCUT2D eigenvalue weighted by Crippen LogP contribution is -2.32. The Morgan fingerprint density at radius 2 is 1.88 bits per heavy atom. The number of amides is 3. The van der Waals surface area contributed by atoms with E-state index in [2.05, 4.69) is 10.6 Å². The molecule has 0 saturated carbocycles. The Hall–Kier alpha value is -2.87. The van der Waals surface area contributed by atoms with Gasteiger partial charge in [-0.2, -0.15) is 0 Å². The summed E-state index contributed by atoms with van der Waals surface area (Å²) in [5.74, 6) is -1.27. The van der Waals surface area contributed by atoms with E-state index in [1.165, 1.54) is 0 Å². The predicted octanol–water partition coefficient (Wildman–Crippen LogP) is 3.92. The molecule has 1 atom stereocenters. The molecule has 1 unspecified atom stereocenters. The Morgan fingerprint density at radius 3 is 2.55 bits per heavy atom. The smallest absolute Gasteiger partial charge is 0.283 e. The number of hydrogen-bond donors (Lipinski definition) is 2. The van der Waals surface area contributed by atoms with Crippen LogP contribution in [0.5, 0.6) is 0 Å². The maximum atomic E-state index is 12.9. The molecule has 2 aliphatic rings. The van der Waals surface area contributed by atoms with Crippen LogP contribution >= 0.6 is 23.2 Å². The predicted molar refractivity (Wildman–Crippen MR) is 127 cm³/mol. The molecule has 3 amide bonds. The van der Waals surface area contributed by atoms with E-state index in [4.69, 9.17) is 27.9 Å². The molecule has 0 aromatic heterocycles. The van der Waals surface area contributed by atoms with Crippen LogP contribution in [0, 0.1) is 6.92 Å². The molecule has 2 N–H and O–H groups in total. The largest absolute Gasteiger partial charge is 0.376 e. The number of anilines is 2. The van der Waals surface area contributed by atoms with Crippen LogP contribution in [-0.4, -0.2) is 37.0 Å². The zero-order chi connectivity index (χ0) is 23.5. The van der Waals surface area contributed by atoms with Crippen LogP contribution in [0.25, 0.3) is 0 Å². The maximum Gasteiger partial charge on any atom is 0.283 e. The summed E-state index contributed by atoms with van der Waals surface area (Å²) >= 11 is 12.3. The van der Waals surface area contributed by atoms with Crippen molar-refractivity contribution in [2.75, 3.05) is 23.4 Å². The van der Waals surface area contributed by atoms with E-state index in [1.807, 2.05) is 6.92 Å². The number of carbonyl (C=O) groups excluding carboxylic acids is 3. The first-order chi connectivity index (χ1) is 15.8. The van der Waals surface area contributed by atoms with Crippen molar-refractivity contribution >= 4 is 52.3 Å². The Bertz CT molecular complexity index is 1130. The summed E-state index contributed by atoms with van der Waals surface area (Å²) < 4.78 is 5.50. The van der Waals surface area contributed by atoms with E-state index in [0.717, 1.165) is 35.5 Å². The first-order valence-corrected chi connectivity index (χ1v) is 11.4. The lowest BCUT2D eigenvalue weighted by atomic mass is 10.1. The van der Waals surface area contributed by atoms with Gasteiger partial charge in [0.15, 0.2) is 0 Å². The molecule has 0 spiro atoms. The molecule has 2 aliphatic heterocycles. The van der Waals surface area contributed by atoms with Gasteiger partial charge in [-0.25, -0.2) is 4.90 Å². The number of nitrogens with one attached hydrogen (secondary N) is 2. The Labute approximate surface area is 201 Å². The minimum Gasteiger partial charge on any atom is -0.376 e. The third kappa shape index (κ3) is 5.21. The molecule has 33 heavy (non-hydrogen) atoms. The monoisotopic (exact) mass is 487 g/mol. The van der Waals surface area contributed by atoms with Gasteiger partial charge in [-0.15, -0.1) is 0 Å². The summed E-state index contributed by atoms with van der Waals surface area (Å²) in [5, 5.41) is 6.06. The molecule has 2 heterocycles. The van der Waals surface area contributed by atoms with Crippen LogP contribution in [-0.2, 0) is 25.5 Å². The summed E-state index contributed by atoms with van der Waals surface area (Å²) in [4.78, 5) is 38.7. The van der Waals surface area contributed by atoms with Gasteiger partial charge in [0.25, 0.3) is 11.8 Å². The highest BCUT2D eigenvalue weighted by molar-refractivity contribution is 6.53. The fourth-order valence-corrected chi connectivity index (χ4v) is 4.09. The topological polar surface area (TPSA) is 87.7 Å². The molecular formula is C24H23Cl2N3O4. The molecule has 9 heteroatoms. The van der Waals surface area contributed by atoms with Crippen molar-refractivity contribution in [1.82, 2.24) is 5.32 Å². The number of halogens is 2. The maximum absolute atomic E-state index is 12.9. The lowest BCUT2D eigenvalue weighted by Gasteiger charge is -2.16. The number of hydrogen-bond acceptors (Lipinski definition) is 5. The molecule has 4 rings (SSSR count). The molecular weight excluding hydrogens is 465 g/mol. The van der Waals surface area contributed by atoms with E-state index in [1.54, 1.807) is 42.5 Å². The zero-order valence-corrected chi connectivity index (χ0v) is 19.5. The Kier molecular flexibility index (Phi) is 7.02. The number of nitrogens with zero attached hydrogens (tertiary/aromatic N) is 1.